The topological polar surface area (TPSA) is 52.7 Å². The Bertz CT molecular complexity index is 515. The molecule has 0 atom stereocenters. The number of nitrogens with one attached hydrogen (secondary N) is 1. The van der Waals surface area contributed by atoms with E-state index in [9.17, 15) is 9.59 Å². The molecular weight excluding hydrogens is 290 g/mol. The maximum Gasteiger partial charge on any atom is 0.224 e. The maximum atomic E-state index is 12.0. The predicted octanol–water partition coefficient (Wildman–Crippen LogP) is 1.45. The Labute approximate surface area is 139 Å². The highest BCUT2D eigenvalue weighted by Gasteiger charge is 2.10. The molecule has 5 heteroatoms. The molecule has 0 saturated carbocycles. The third-order valence-electron chi connectivity index (χ3n) is 3.79. The highest BCUT2D eigenvalue weighted by Crippen LogP contribution is 2.07. The Kier molecular flexibility index (Phi) is 8.33. The van der Waals surface area contributed by atoms with Gasteiger partial charge in [0.1, 0.15) is 0 Å². The summed E-state index contributed by atoms with van der Waals surface area (Å²) in [7, 11) is 4.04. The molecule has 2 amide bonds. The van der Waals surface area contributed by atoms with Crippen LogP contribution in [0.25, 0.3) is 0 Å². The molecule has 0 aliphatic rings. The molecule has 1 N–H and O–H groups in total. The Morgan fingerprint density at radius 3 is 2.39 bits per heavy atom. The van der Waals surface area contributed by atoms with E-state index in [2.05, 4.69) is 10.2 Å². The first kappa shape index (κ1) is 19.2. The van der Waals surface area contributed by atoms with Crippen LogP contribution >= 0.6 is 0 Å². The van der Waals surface area contributed by atoms with Crippen molar-refractivity contribution >= 4 is 11.8 Å². The van der Waals surface area contributed by atoms with Crippen molar-refractivity contribution in [2.45, 2.75) is 26.7 Å². The van der Waals surface area contributed by atoms with E-state index >= 15 is 0 Å². The lowest BCUT2D eigenvalue weighted by molar-refractivity contribution is -0.129. The molecule has 0 aliphatic carbocycles. The van der Waals surface area contributed by atoms with Gasteiger partial charge in [-0.3, -0.25) is 9.59 Å². The fraction of sp³-hybridized carbons (Fsp3) is 0.556. The van der Waals surface area contributed by atoms with Crippen LogP contribution in [0.4, 0.5) is 0 Å². The Balaban J connectivity index is 2.33. The highest BCUT2D eigenvalue weighted by molar-refractivity contribution is 5.79. The first-order valence-corrected chi connectivity index (χ1v) is 8.11. The van der Waals surface area contributed by atoms with Gasteiger partial charge in [0, 0.05) is 26.6 Å². The van der Waals surface area contributed by atoms with Gasteiger partial charge >= 0.3 is 0 Å². The molecule has 0 heterocycles. The lowest BCUT2D eigenvalue weighted by Gasteiger charge is -2.22. The summed E-state index contributed by atoms with van der Waals surface area (Å²) in [5.74, 6) is 0.0491. The van der Waals surface area contributed by atoms with Crippen molar-refractivity contribution in [2.24, 2.45) is 0 Å². The minimum atomic E-state index is -0.00362. The Morgan fingerprint density at radius 2 is 1.78 bits per heavy atom. The van der Waals surface area contributed by atoms with Gasteiger partial charge in [0.25, 0.3) is 0 Å². The molecule has 23 heavy (non-hydrogen) atoms. The molecule has 0 aromatic heterocycles. The van der Waals surface area contributed by atoms with Crippen molar-refractivity contribution < 1.29 is 9.59 Å². The number of hydrogen-bond donors (Lipinski definition) is 1. The van der Waals surface area contributed by atoms with Crippen molar-refractivity contribution in [2.75, 3.05) is 40.3 Å². The number of hydrogen-bond acceptors (Lipinski definition) is 3. The van der Waals surface area contributed by atoms with E-state index in [1.54, 1.807) is 11.8 Å². The van der Waals surface area contributed by atoms with Crippen LogP contribution in [0.2, 0.25) is 0 Å². The van der Waals surface area contributed by atoms with E-state index < -0.39 is 0 Å². The van der Waals surface area contributed by atoms with Crippen molar-refractivity contribution in [1.29, 1.82) is 0 Å². The monoisotopic (exact) mass is 319 g/mol. The zero-order chi connectivity index (χ0) is 17.2. The molecule has 0 unspecified atom stereocenters. The number of carbonyl (C=O) groups excluding carboxylic acids is 2. The van der Waals surface area contributed by atoms with Gasteiger partial charge in [-0.2, -0.15) is 0 Å². The van der Waals surface area contributed by atoms with Gasteiger partial charge in [-0.1, -0.05) is 24.3 Å². The van der Waals surface area contributed by atoms with Gasteiger partial charge in [-0.25, -0.2) is 0 Å². The molecular formula is C18H29N3O2. The summed E-state index contributed by atoms with van der Waals surface area (Å²) in [6.07, 6.45) is 1.32. The quantitative estimate of drug-likeness (QED) is 0.750. The Hall–Kier alpha value is -1.88. The second-order valence-corrected chi connectivity index (χ2v) is 6.12. The number of aryl methyl sites for hydroxylation is 1. The SMILES string of the molecule is CC(=O)N(CCCN(C)C)CCNC(=O)Cc1ccccc1C. The van der Waals surface area contributed by atoms with Gasteiger partial charge in [-0.15, -0.1) is 0 Å². The van der Waals surface area contributed by atoms with E-state index in [0.717, 1.165) is 30.6 Å². The van der Waals surface area contributed by atoms with Crippen LogP contribution in [0.1, 0.15) is 24.5 Å². The second-order valence-electron chi connectivity index (χ2n) is 6.12. The molecule has 1 rings (SSSR count). The van der Waals surface area contributed by atoms with Crippen LogP contribution in [0, 0.1) is 6.92 Å². The van der Waals surface area contributed by atoms with E-state index in [0.29, 0.717) is 19.5 Å². The fourth-order valence-electron chi connectivity index (χ4n) is 2.38. The molecule has 0 saturated heterocycles. The summed E-state index contributed by atoms with van der Waals surface area (Å²) < 4.78 is 0. The van der Waals surface area contributed by atoms with Gasteiger partial charge in [0.15, 0.2) is 0 Å². The highest BCUT2D eigenvalue weighted by atomic mass is 16.2. The smallest absolute Gasteiger partial charge is 0.224 e. The Morgan fingerprint density at radius 1 is 1.09 bits per heavy atom. The summed E-state index contributed by atoms with van der Waals surface area (Å²) >= 11 is 0. The molecule has 0 aliphatic heterocycles. The normalized spacial score (nSPS) is 10.7. The van der Waals surface area contributed by atoms with Crippen LogP contribution in [-0.4, -0.2) is 61.9 Å². The maximum absolute atomic E-state index is 12.0. The number of benzene rings is 1. The molecule has 1 aromatic carbocycles. The molecule has 0 radical (unpaired) electrons. The van der Waals surface area contributed by atoms with Crippen LogP contribution in [0.5, 0.6) is 0 Å². The van der Waals surface area contributed by atoms with E-state index in [-0.39, 0.29) is 11.8 Å². The second kappa shape index (κ2) is 10.0. The van der Waals surface area contributed by atoms with Crippen molar-refractivity contribution in [3.63, 3.8) is 0 Å². The van der Waals surface area contributed by atoms with Crippen LogP contribution < -0.4 is 5.32 Å². The van der Waals surface area contributed by atoms with Crippen LogP contribution in [-0.2, 0) is 16.0 Å². The predicted molar refractivity (Wildman–Crippen MR) is 93.3 cm³/mol. The molecule has 0 spiro atoms. The molecule has 1 aromatic rings. The summed E-state index contributed by atoms with van der Waals surface area (Å²) in [5.41, 5.74) is 2.16. The third-order valence-corrected chi connectivity index (χ3v) is 3.79. The summed E-state index contributed by atoms with van der Waals surface area (Å²) in [6.45, 7) is 6.30. The molecule has 0 bridgehead atoms. The molecule has 0 fully saturated rings. The zero-order valence-electron chi connectivity index (χ0n) is 14.8. The third kappa shape index (κ3) is 7.79. The van der Waals surface area contributed by atoms with Gasteiger partial charge in [0.05, 0.1) is 6.42 Å². The van der Waals surface area contributed by atoms with Gasteiger partial charge in [0.2, 0.25) is 11.8 Å². The average molecular weight is 319 g/mol. The minimum Gasteiger partial charge on any atom is -0.354 e. The van der Waals surface area contributed by atoms with Crippen LogP contribution in [0.15, 0.2) is 24.3 Å². The van der Waals surface area contributed by atoms with E-state index in [1.807, 2.05) is 45.3 Å². The largest absolute Gasteiger partial charge is 0.354 e. The van der Waals surface area contributed by atoms with E-state index in [1.165, 1.54) is 0 Å². The lowest BCUT2D eigenvalue weighted by atomic mass is 10.1. The number of rotatable bonds is 9. The number of nitrogens with zero attached hydrogens (tertiary/aromatic N) is 2. The van der Waals surface area contributed by atoms with Crippen molar-refractivity contribution in [3.8, 4) is 0 Å². The van der Waals surface area contributed by atoms with Crippen molar-refractivity contribution in [3.05, 3.63) is 35.4 Å². The standard InChI is InChI=1S/C18H29N3O2/c1-15-8-5-6-9-17(15)14-18(23)19-10-13-21(16(2)22)12-7-11-20(3)4/h5-6,8-9H,7,10-14H2,1-4H3,(H,19,23). The summed E-state index contributed by atoms with van der Waals surface area (Å²) in [5, 5.41) is 2.90. The van der Waals surface area contributed by atoms with Crippen molar-refractivity contribution in [1.82, 2.24) is 15.1 Å². The molecule has 5 nitrogen and oxygen atoms in total. The zero-order valence-corrected chi connectivity index (χ0v) is 14.8. The van der Waals surface area contributed by atoms with Gasteiger partial charge < -0.3 is 15.1 Å². The molecule has 128 valence electrons. The number of amides is 2. The van der Waals surface area contributed by atoms with Gasteiger partial charge in [-0.05, 0) is 45.1 Å². The average Bonchev–Trinajstić information content (AvgIpc) is 2.47. The summed E-state index contributed by atoms with van der Waals surface area (Å²) in [6, 6.07) is 7.88. The van der Waals surface area contributed by atoms with E-state index in [4.69, 9.17) is 0 Å². The summed E-state index contributed by atoms with van der Waals surface area (Å²) in [4.78, 5) is 27.5. The van der Waals surface area contributed by atoms with Crippen LogP contribution in [0.3, 0.4) is 0 Å². The minimum absolute atomic E-state index is 0.00362. The fourth-order valence-corrected chi connectivity index (χ4v) is 2.38. The first-order valence-electron chi connectivity index (χ1n) is 8.11. The number of carbonyl (C=O) groups is 2. The lowest BCUT2D eigenvalue weighted by Crippen LogP contribution is -2.39. The first-order chi connectivity index (χ1) is 10.9.